The van der Waals surface area contributed by atoms with E-state index in [1.54, 1.807) is 0 Å². The summed E-state index contributed by atoms with van der Waals surface area (Å²) in [5, 5.41) is 15.3. The summed E-state index contributed by atoms with van der Waals surface area (Å²) in [7, 11) is 2.15. The van der Waals surface area contributed by atoms with Gasteiger partial charge in [0.15, 0.2) is 0 Å². The van der Waals surface area contributed by atoms with Crippen molar-refractivity contribution in [1.82, 2.24) is 15.0 Å². The molecule has 35 heavy (non-hydrogen) atoms. The summed E-state index contributed by atoms with van der Waals surface area (Å²) >= 11 is 0. The van der Waals surface area contributed by atoms with Gasteiger partial charge in [0.05, 0.1) is 24.4 Å². The summed E-state index contributed by atoms with van der Waals surface area (Å²) in [6, 6.07) is 10.2. The van der Waals surface area contributed by atoms with Gasteiger partial charge in [0.25, 0.3) is 0 Å². The zero-order valence-corrected chi connectivity index (χ0v) is 21.6. The molecule has 4 rings (SSSR count). The van der Waals surface area contributed by atoms with Crippen LogP contribution in [0.25, 0.3) is 11.3 Å². The highest BCUT2D eigenvalue weighted by Gasteiger charge is 2.28. The van der Waals surface area contributed by atoms with Crippen LogP contribution in [0.1, 0.15) is 32.3 Å². The van der Waals surface area contributed by atoms with Crippen molar-refractivity contribution in [1.29, 1.82) is 0 Å². The lowest BCUT2D eigenvalue weighted by molar-refractivity contribution is -0.00389. The second kappa shape index (κ2) is 12.8. The van der Waals surface area contributed by atoms with Crippen LogP contribution in [0, 0.1) is 5.92 Å². The quantitative estimate of drug-likeness (QED) is 0.491. The van der Waals surface area contributed by atoms with Gasteiger partial charge in [0.2, 0.25) is 5.88 Å². The van der Waals surface area contributed by atoms with Gasteiger partial charge in [-0.05, 0) is 25.8 Å². The zero-order chi connectivity index (χ0) is 24.6. The molecular weight excluding hydrogens is 444 g/mol. The highest BCUT2D eigenvalue weighted by atomic mass is 16.5. The Bertz CT molecular complexity index is 877. The first-order valence-electron chi connectivity index (χ1n) is 13.1. The van der Waals surface area contributed by atoms with Gasteiger partial charge in [-0.3, -0.25) is 4.90 Å². The van der Waals surface area contributed by atoms with Gasteiger partial charge in [-0.1, -0.05) is 49.3 Å². The average Bonchev–Trinajstić information content (AvgIpc) is 3.50. The first-order valence-corrected chi connectivity index (χ1v) is 13.1. The van der Waals surface area contributed by atoms with Crippen LogP contribution in [0.3, 0.4) is 0 Å². The number of benzene rings is 1. The molecule has 8 nitrogen and oxygen atoms in total. The molecule has 2 aromatic rings. The molecule has 2 saturated heterocycles. The number of aliphatic hydroxyl groups is 1. The molecule has 194 valence electrons. The number of piperazine rings is 1. The fourth-order valence-electron chi connectivity index (χ4n) is 4.82. The number of aliphatic hydroxyl groups excluding tert-OH is 1. The number of nitrogens with zero attached hydrogens (tertiary/aromatic N) is 4. The molecule has 8 heteroatoms. The van der Waals surface area contributed by atoms with Crippen LogP contribution in [0.4, 0.5) is 5.88 Å². The number of rotatable bonds is 12. The van der Waals surface area contributed by atoms with Crippen LogP contribution in [0.15, 0.2) is 34.9 Å². The second-order valence-electron chi connectivity index (χ2n) is 10.4. The van der Waals surface area contributed by atoms with Gasteiger partial charge < -0.3 is 28.9 Å². The number of hydrogen-bond donors (Lipinski definition) is 1. The van der Waals surface area contributed by atoms with Gasteiger partial charge >= 0.3 is 0 Å². The Hall–Kier alpha value is -1.97. The third-order valence-electron chi connectivity index (χ3n) is 6.70. The number of likely N-dealkylation sites (N-methyl/N-ethyl adjacent to an activating group) is 1. The Balaban J connectivity index is 1.56. The normalized spacial score (nSPS) is 20.3. The van der Waals surface area contributed by atoms with Gasteiger partial charge in [-0.2, -0.15) is 0 Å². The van der Waals surface area contributed by atoms with Crippen LogP contribution in [0.2, 0.25) is 0 Å². The molecule has 2 fully saturated rings. The molecule has 2 aliphatic rings. The largest absolute Gasteiger partial charge is 0.389 e. The van der Waals surface area contributed by atoms with E-state index >= 15 is 0 Å². The average molecular weight is 487 g/mol. The van der Waals surface area contributed by atoms with Gasteiger partial charge in [0.1, 0.15) is 5.69 Å². The first kappa shape index (κ1) is 26.1. The lowest BCUT2D eigenvalue weighted by Crippen LogP contribution is -2.45. The summed E-state index contributed by atoms with van der Waals surface area (Å²) in [6.07, 6.45) is 1.76. The standard InChI is InChI=1S/C27H42N4O4/c1-21(2)19-33-20-23(32)16-30(17-24-10-7-15-34-24)18-25-26(22-8-5-4-6-9-22)28-35-27(25)31-13-11-29(3)12-14-31/h4-6,8-9,21,23-24,32H,7,10-20H2,1-3H3. The van der Waals surface area contributed by atoms with Crippen molar-refractivity contribution >= 4 is 5.88 Å². The molecule has 0 bridgehead atoms. The first-order chi connectivity index (χ1) is 17.0. The molecular formula is C27H42N4O4. The highest BCUT2D eigenvalue weighted by Crippen LogP contribution is 2.33. The molecule has 0 saturated carbocycles. The Morgan fingerprint density at radius 1 is 1.14 bits per heavy atom. The van der Waals surface area contributed by atoms with Crippen LogP contribution in [-0.4, -0.2) is 98.4 Å². The minimum absolute atomic E-state index is 0.186. The maximum Gasteiger partial charge on any atom is 0.232 e. The fourth-order valence-corrected chi connectivity index (χ4v) is 4.82. The van der Waals surface area contributed by atoms with Crippen molar-refractivity contribution in [3.05, 3.63) is 35.9 Å². The Morgan fingerprint density at radius 3 is 2.60 bits per heavy atom. The van der Waals surface area contributed by atoms with E-state index in [0.29, 0.717) is 32.2 Å². The van der Waals surface area contributed by atoms with E-state index in [1.165, 1.54) is 0 Å². The maximum absolute atomic E-state index is 10.8. The molecule has 1 aromatic carbocycles. The van der Waals surface area contributed by atoms with E-state index < -0.39 is 6.10 Å². The molecule has 1 aromatic heterocycles. The van der Waals surface area contributed by atoms with Crippen molar-refractivity contribution in [2.75, 3.05) is 71.0 Å². The second-order valence-corrected chi connectivity index (χ2v) is 10.4. The minimum Gasteiger partial charge on any atom is -0.389 e. The van der Waals surface area contributed by atoms with E-state index in [-0.39, 0.29) is 6.10 Å². The number of anilines is 1. The molecule has 0 radical (unpaired) electrons. The van der Waals surface area contributed by atoms with Crippen molar-refractivity contribution in [2.24, 2.45) is 5.92 Å². The van der Waals surface area contributed by atoms with E-state index in [9.17, 15) is 5.11 Å². The van der Waals surface area contributed by atoms with E-state index in [1.807, 2.05) is 18.2 Å². The lowest BCUT2D eigenvalue weighted by atomic mass is 10.1. The Labute approximate surface area is 209 Å². The molecule has 2 aliphatic heterocycles. The van der Waals surface area contributed by atoms with Gasteiger partial charge in [-0.15, -0.1) is 0 Å². The molecule has 0 amide bonds. The molecule has 0 spiro atoms. The monoisotopic (exact) mass is 486 g/mol. The summed E-state index contributed by atoms with van der Waals surface area (Å²) in [4.78, 5) is 6.93. The molecule has 3 heterocycles. The highest BCUT2D eigenvalue weighted by molar-refractivity contribution is 5.68. The molecule has 1 N–H and O–H groups in total. The van der Waals surface area contributed by atoms with E-state index in [4.69, 9.17) is 14.0 Å². The van der Waals surface area contributed by atoms with E-state index in [2.05, 4.69) is 52.9 Å². The van der Waals surface area contributed by atoms with Crippen molar-refractivity contribution in [3.63, 3.8) is 0 Å². The summed E-state index contributed by atoms with van der Waals surface area (Å²) in [5.41, 5.74) is 3.00. The molecule has 0 aliphatic carbocycles. The van der Waals surface area contributed by atoms with E-state index in [0.717, 1.165) is 74.9 Å². The Kier molecular flexibility index (Phi) is 9.57. The number of ether oxygens (including phenoxy) is 2. The molecule has 2 unspecified atom stereocenters. The van der Waals surface area contributed by atoms with Crippen LogP contribution in [0.5, 0.6) is 0 Å². The Morgan fingerprint density at radius 2 is 1.91 bits per heavy atom. The van der Waals surface area contributed by atoms with Crippen LogP contribution >= 0.6 is 0 Å². The predicted octanol–water partition coefficient (Wildman–Crippen LogP) is 3.11. The smallest absolute Gasteiger partial charge is 0.232 e. The van der Waals surface area contributed by atoms with Crippen molar-refractivity contribution in [3.8, 4) is 11.3 Å². The van der Waals surface area contributed by atoms with Crippen LogP contribution in [-0.2, 0) is 16.0 Å². The fraction of sp³-hybridized carbons (Fsp3) is 0.667. The number of hydrogen-bond acceptors (Lipinski definition) is 8. The van der Waals surface area contributed by atoms with Crippen molar-refractivity contribution in [2.45, 2.75) is 45.4 Å². The van der Waals surface area contributed by atoms with Crippen LogP contribution < -0.4 is 4.90 Å². The van der Waals surface area contributed by atoms with Gasteiger partial charge in [-0.25, -0.2) is 0 Å². The lowest BCUT2D eigenvalue weighted by Gasteiger charge is -2.33. The third-order valence-corrected chi connectivity index (χ3v) is 6.70. The number of aromatic nitrogens is 1. The van der Waals surface area contributed by atoms with Gasteiger partial charge in [0, 0.05) is 64.6 Å². The summed E-state index contributed by atoms with van der Waals surface area (Å²) in [6.45, 7) is 11.8. The van der Waals surface area contributed by atoms with Crippen molar-refractivity contribution < 1.29 is 19.1 Å². The predicted molar refractivity (Wildman–Crippen MR) is 138 cm³/mol. The zero-order valence-electron chi connectivity index (χ0n) is 21.6. The summed E-state index contributed by atoms with van der Waals surface area (Å²) in [5.74, 6) is 1.29. The maximum atomic E-state index is 10.8. The third kappa shape index (κ3) is 7.51. The molecule has 2 atom stereocenters. The minimum atomic E-state index is -0.567. The topological polar surface area (TPSA) is 74.4 Å². The SMILES string of the molecule is CC(C)COCC(O)CN(Cc1c(-c2ccccc2)noc1N1CCN(C)CC1)CC1CCCO1. The summed E-state index contributed by atoms with van der Waals surface area (Å²) < 4.78 is 17.7.